The summed E-state index contributed by atoms with van der Waals surface area (Å²) in [5.74, 6) is 0.723. The highest BCUT2D eigenvalue weighted by molar-refractivity contribution is 5.67. The minimum atomic E-state index is 0.295. The van der Waals surface area contributed by atoms with Gasteiger partial charge in [-0.05, 0) is 12.1 Å². The first-order valence-electron chi connectivity index (χ1n) is 6.39. The standard InChI is InChI=1S/C16H12N4O/c1-21-14-9-5-8-13(10-14)20-16(15(11-17)18-19-20)12-6-3-2-4-7-12/h2-10H,1H3. The Morgan fingerprint density at radius 3 is 2.62 bits per heavy atom. The molecule has 0 fully saturated rings. The summed E-state index contributed by atoms with van der Waals surface area (Å²) >= 11 is 0. The maximum absolute atomic E-state index is 9.25. The topological polar surface area (TPSA) is 63.7 Å². The van der Waals surface area contributed by atoms with Gasteiger partial charge >= 0.3 is 0 Å². The molecule has 0 saturated carbocycles. The van der Waals surface area contributed by atoms with Crippen molar-refractivity contribution in [1.29, 1.82) is 5.26 Å². The molecule has 0 radical (unpaired) electrons. The monoisotopic (exact) mass is 276 g/mol. The molecule has 0 N–H and O–H groups in total. The van der Waals surface area contributed by atoms with E-state index in [9.17, 15) is 5.26 Å². The zero-order valence-electron chi connectivity index (χ0n) is 11.4. The van der Waals surface area contributed by atoms with Gasteiger partial charge in [-0.3, -0.25) is 0 Å². The highest BCUT2D eigenvalue weighted by Crippen LogP contribution is 2.26. The average molecular weight is 276 g/mol. The molecule has 0 amide bonds. The number of ether oxygens (including phenoxy) is 1. The van der Waals surface area contributed by atoms with Crippen molar-refractivity contribution in [2.75, 3.05) is 7.11 Å². The first-order valence-corrected chi connectivity index (χ1v) is 6.39. The SMILES string of the molecule is COc1cccc(-n2nnc(C#N)c2-c2ccccc2)c1. The van der Waals surface area contributed by atoms with E-state index in [1.165, 1.54) is 0 Å². The minimum absolute atomic E-state index is 0.295. The molecular weight excluding hydrogens is 264 g/mol. The quantitative estimate of drug-likeness (QED) is 0.738. The van der Waals surface area contributed by atoms with E-state index in [-0.39, 0.29) is 0 Å². The Bertz CT molecular complexity index is 803. The van der Waals surface area contributed by atoms with E-state index in [2.05, 4.69) is 16.4 Å². The third kappa shape index (κ3) is 2.35. The lowest BCUT2D eigenvalue weighted by Crippen LogP contribution is -2.00. The number of nitrogens with zero attached hydrogens (tertiary/aromatic N) is 4. The number of benzene rings is 2. The van der Waals surface area contributed by atoms with Gasteiger partial charge in [0.1, 0.15) is 17.5 Å². The van der Waals surface area contributed by atoms with Gasteiger partial charge in [-0.2, -0.15) is 5.26 Å². The van der Waals surface area contributed by atoms with Crippen LogP contribution in [0.5, 0.6) is 5.75 Å². The van der Waals surface area contributed by atoms with Crippen LogP contribution in [0, 0.1) is 11.3 Å². The minimum Gasteiger partial charge on any atom is -0.497 e. The van der Waals surface area contributed by atoms with Crippen LogP contribution in [0.1, 0.15) is 5.69 Å². The molecule has 0 aliphatic heterocycles. The molecule has 3 aromatic rings. The van der Waals surface area contributed by atoms with E-state index in [4.69, 9.17) is 4.74 Å². The van der Waals surface area contributed by atoms with Crippen molar-refractivity contribution < 1.29 is 4.74 Å². The van der Waals surface area contributed by atoms with Crippen molar-refractivity contribution in [1.82, 2.24) is 15.0 Å². The molecule has 0 spiro atoms. The van der Waals surface area contributed by atoms with Crippen molar-refractivity contribution in [3.8, 4) is 28.8 Å². The zero-order valence-corrected chi connectivity index (χ0v) is 11.4. The van der Waals surface area contributed by atoms with Crippen molar-refractivity contribution in [2.45, 2.75) is 0 Å². The fourth-order valence-electron chi connectivity index (χ4n) is 2.14. The third-order valence-electron chi connectivity index (χ3n) is 3.12. The molecule has 0 aliphatic carbocycles. The Balaban J connectivity index is 2.20. The molecule has 3 rings (SSSR count). The number of rotatable bonds is 3. The van der Waals surface area contributed by atoms with E-state index < -0.39 is 0 Å². The lowest BCUT2D eigenvalue weighted by molar-refractivity contribution is 0.414. The molecule has 0 aliphatic rings. The molecule has 0 atom stereocenters. The summed E-state index contributed by atoms with van der Waals surface area (Å²) in [4.78, 5) is 0. The summed E-state index contributed by atoms with van der Waals surface area (Å²) in [7, 11) is 1.61. The zero-order chi connectivity index (χ0) is 14.7. The van der Waals surface area contributed by atoms with Crippen LogP contribution < -0.4 is 4.74 Å². The van der Waals surface area contributed by atoms with Crippen molar-refractivity contribution in [3.63, 3.8) is 0 Å². The number of aromatic nitrogens is 3. The number of nitriles is 1. The van der Waals surface area contributed by atoms with Gasteiger partial charge in [-0.15, -0.1) is 5.10 Å². The second-order valence-electron chi connectivity index (χ2n) is 4.38. The third-order valence-corrected chi connectivity index (χ3v) is 3.12. The Kier molecular flexibility index (Phi) is 3.36. The summed E-state index contributed by atoms with van der Waals surface area (Å²) < 4.78 is 6.88. The Hall–Kier alpha value is -3.13. The van der Waals surface area contributed by atoms with Crippen LogP contribution in [0.4, 0.5) is 0 Å². The summed E-state index contributed by atoms with van der Waals surface area (Å²) in [6.07, 6.45) is 0. The lowest BCUT2D eigenvalue weighted by atomic mass is 10.1. The van der Waals surface area contributed by atoms with E-state index in [1.807, 2.05) is 54.6 Å². The van der Waals surface area contributed by atoms with E-state index in [0.29, 0.717) is 11.4 Å². The van der Waals surface area contributed by atoms with Crippen molar-refractivity contribution >= 4 is 0 Å². The molecule has 5 heteroatoms. The molecule has 1 heterocycles. The lowest BCUT2D eigenvalue weighted by Gasteiger charge is -2.08. The van der Waals surface area contributed by atoms with Crippen LogP contribution in [0.2, 0.25) is 0 Å². The molecule has 102 valence electrons. The van der Waals surface area contributed by atoms with Crippen molar-refractivity contribution in [3.05, 3.63) is 60.3 Å². The molecule has 21 heavy (non-hydrogen) atoms. The molecule has 0 saturated heterocycles. The average Bonchev–Trinajstić information content (AvgIpc) is 2.99. The van der Waals surface area contributed by atoms with Crippen LogP contribution in [0.25, 0.3) is 16.9 Å². The summed E-state index contributed by atoms with van der Waals surface area (Å²) in [6, 6.07) is 19.2. The summed E-state index contributed by atoms with van der Waals surface area (Å²) in [6.45, 7) is 0. The highest BCUT2D eigenvalue weighted by atomic mass is 16.5. The fourth-order valence-corrected chi connectivity index (χ4v) is 2.14. The van der Waals surface area contributed by atoms with Gasteiger partial charge in [0, 0.05) is 11.6 Å². The second kappa shape index (κ2) is 5.47. The van der Waals surface area contributed by atoms with Gasteiger partial charge in [0.25, 0.3) is 0 Å². The van der Waals surface area contributed by atoms with E-state index in [0.717, 1.165) is 17.0 Å². The Labute approximate surface area is 122 Å². The van der Waals surface area contributed by atoms with Crippen molar-refractivity contribution in [2.24, 2.45) is 0 Å². The first kappa shape index (κ1) is 12.9. The predicted molar refractivity (Wildman–Crippen MR) is 78.1 cm³/mol. The van der Waals surface area contributed by atoms with Gasteiger partial charge in [-0.25, -0.2) is 4.68 Å². The largest absolute Gasteiger partial charge is 0.497 e. The van der Waals surface area contributed by atoms with E-state index >= 15 is 0 Å². The second-order valence-corrected chi connectivity index (χ2v) is 4.38. The molecule has 1 aromatic heterocycles. The smallest absolute Gasteiger partial charge is 0.191 e. The molecule has 0 bridgehead atoms. The highest BCUT2D eigenvalue weighted by Gasteiger charge is 2.16. The molecular formula is C16H12N4O. The van der Waals surface area contributed by atoms with Gasteiger partial charge in [0.15, 0.2) is 5.69 Å². The maximum atomic E-state index is 9.25. The Morgan fingerprint density at radius 1 is 1.10 bits per heavy atom. The maximum Gasteiger partial charge on any atom is 0.191 e. The Morgan fingerprint density at radius 2 is 1.90 bits per heavy atom. The number of methoxy groups -OCH3 is 1. The first-order chi connectivity index (χ1) is 10.3. The summed E-state index contributed by atoms with van der Waals surface area (Å²) in [5, 5.41) is 17.3. The molecule has 0 unspecified atom stereocenters. The normalized spacial score (nSPS) is 10.1. The van der Waals surface area contributed by atoms with Crippen LogP contribution in [-0.4, -0.2) is 22.1 Å². The van der Waals surface area contributed by atoms with Gasteiger partial charge in [0.2, 0.25) is 0 Å². The van der Waals surface area contributed by atoms with Crippen LogP contribution in [-0.2, 0) is 0 Å². The van der Waals surface area contributed by atoms with Gasteiger partial charge in [0.05, 0.1) is 12.8 Å². The predicted octanol–water partition coefficient (Wildman–Crippen LogP) is 2.81. The van der Waals surface area contributed by atoms with Crippen LogP contribution in [0.15, 0.2) is 54.6 Å². The van der Waals surface area contributed by atoms with Crippen LogP contribution in [0.3, 0.4) is 0 Å². The van der Waals surface area contributed by atoms with E-state index in [1.54, 1.807) is 11.8 Å². The van der Waals surface area contributed by atoms with Gasteiger partial charge < -0.3 is 4.74 Å². The van der Waals surface area contributed by atoms with Gasteiger partial charge in [-0.1, -0.05) is 41.6 Å². The molecule has 5 nitrogen and oxygen atoms in total. The summed E-state index contributed by atoms with van der Waals surface area (Å²) in [5.41, 5.74) is 2.65. The molecule has 2 aromatic carbocycles. The number of hydrogen-bond donors (Lipinski definition) is 0. The fraction of sp³-hybridized carbons (Fsp3) is 0.0625. The van der Waals surface area contributed by atoms with Crippen LogP contribution >= 0.6 is 0 Å². The number of hydrogen-bond acceptors (Lipinski definition) is 4.